The molecular weight excluding hydrogens is 322 g/mol. The fourth-order valence-electron chi connectivity index (χ4n) is 2.94. The van der Waals surface area contributed by atoms with Crippen LogP contribution >= 0.6 is 0 Å². The van der Waals surface area contributed by atoms with Crippen molar-refractivity contribution in [3.63, 3.8) is 0 Å². The van der Waals surface area contributed by atoms with E-state index in [9.17, 15) is 4.39 Å². The number of aromatic nitrogens is 6. The fourth-order valence-corrected chi connectivity index (χ4v) is 2.94. The van der Waals surface area contributed by atoms with Crippen LogP contribution in [0.1, 0.15) is 5.82 Å². The topological polar surface area (TPSA) is 70.1 Å². The molecule has 0 amide bonds. The maximum absolute atomic E-state index is 12.7. The summed E-state index contributed by atoms with van der Waals surface area (Å²) >= 11 is 0. The van der Waals surface area contributed by atoms with E-state index in [4.69, 9.17) is 12.6 Å². The lowest BCUT2D eigenvalue weighted by molar-refractivity contribution is 0.397. The number of hydrogen-bond acceptors (Lipinski definition) is 5. The van der Waals surface area contributed by atoms with Crippen LogP contribution in [0.2, 0.25) is 0 Å². The molecule has 0 aliphatic rings. The van der Waals surface area contributed by atoms with Crippen LogP contribution in [-0.4, -0.2) is 51.2 Å². The molecule has 7 nitrogen and oxygen atoms in total. The van der Waals surface area contributed by atoms with Gasteiger partial charge in [-0.3, -0.25) is 0 Å². The molecule has 0 N–H and O–H groups in total. The number of aryl methyl sites for hydroxylation is 2. The molecule has 25 heavy (non-hydrogen) atoms. The average molecular weight is 336 g/mol. The second-order valence-corrected chi connectivity index (χ2v) is 5.62. The molecule has 0 aliphatic heterocycles. The fraction of sp³-hybridized carbons (Fsp3) is 0.250. The van der Waals surface area contributed by atoms with Gasteiger partial charge in [0.1, 0.15) is 31.4 Å². The molecule has 3 heterocycles. The van der Waals surface area contributed by atoms with Crippen LogP contribution in [0.5, 0.6) is 5.88 Å². The Labute approximate surface area is 143 Å². The van der Waals surface area contributed by atoms with Crippen molar-refractivity contribution in [1.82, 2.24) is 29.6 Å². The van der Waals surface area contributed by atoms with Crippen molar-refractivity contribution in [2.45, 2.75) is 13.5 Å². The lowest BCUT2D eigenvalue weighted by Gasteiger charge is -2.07. The summed E-state index contributed by atoms with van der Waals surface area (Å²) in [4.78, 5) is 4.33. The molecule has 3 aromatic heterocycles. The van der Waals surface area contributed by atoms with Crippen LogP contribution in [0.4, 0.5) is 4.39 Å². The lowest BCUT2D eigenvalue weighted by atomic mass is 10.0. The van der Waals surface area contributed by atoms with E-state index in [1.807, 2.05) is 24.3 Å². The van der Waals surface area contributed by atoms with E-state index in [2.05, 4.69) is 20.4 Å². The molecule has 0 unspecified atom stereocenters. The highest BCUT2D eigenvalue weighted by Crippen LogP contribution is 2.31. The third kappa shape index (κ3) is 2.43. The van der Waals surface area contributed by atoms with Crippen molar-refractivity contribution in [2.24, 2.45) is 0 Å². The Kier molecular flexibility index (Phi) is 3.63. The molecule has 0 saturated heterocycles. The van der Waals surface area contributed by atoms with Crippen LogP contribution in [0.25, 0.3) is 27.7 Å². The van der Waals surface area contributed by atoms with Gasteiger partial charge in [0.2, 0.25) is 5.88 Å². The highest BCUT2D eigenvalue weighted by Gasteiger charge is 2.17. The lowest BCUT2D eigenvalue weighted by Crippen LogP contribution is -2.14. The first-order chi connectivity index (χ1) is 12.1. The number of fused-ring (bicyclic) bond motifs is 2. The number of halogens is 1. The predicted octanol–water partition coefficient (Wildman–Crippen LogP) is 1.22. The van der Waals surface area contributed by atoms with Crippen LogP contribution in [0.15, 0.2) is 24.3 Å². The molecule has 4 aromatic rings. The SMILES string of the molecule is [B]c1cc(-c2ccc3nnn(CCF)c3c2)c2c(OC)nc(C)nn12. The first kappa shape index (κ1) is 15.6. The Hall–Kier alpha value is -2.97. The molecule has 0 fully saturated rings. The monoisotopic (exact) mass is 336 g/mol. The average Bonchev–Trinajstić information content (AvgIpc) is 3.16. The van der Waals surface area contributed by atoms with Gasteiger partial charge in [0.05, 0.1) is 19.2 Å². The summed E-state index contributed by atoms with van der Waals surface area (Å²) in [6.07, 6.45) is 0. The number of methoxy groups -OCH3 is 1. The van der Waals surface area contributed by atoms with E-state index in [1.165, 1.54) is 0 Å². The Balaban J connectivity index is 1.98. The van der Waals surface area contributed by atoms with E-state index >= 15 is 0 Å². The second-order valence-electron chi connectivity index (χ2n) is 5.62. The maximum atomic E-state index is 12.7. The third-order valence-electron chi connectivity index (χ3n) is 4.03. The van der Waals surface area contributed by atoms with Gasteiger partial charge in [-0.2, -0.15) is 10.1 Å². The van der Waals surface area contributed by atoms with Crippen LogP contribution in [0, 0.1) is 6.92 Å². The van der Waals surface area contributed by atoms with Gasteiger partial charge in [-0.15, -0.1) is 5.10 Å². The number of hydrogen-bond donors (Lipinski definition) is 0. The zero-order valence-corrected chi connectivity index (χ0v) is 13.8. The van der Waals surface area contributed by atoms with Crippen LogP contribution in [-0.2, 0) is 6.54 Å². The van der Waals surface area contributed by atoms with Crippen molar-refractivity contribution >= 4 is 30.0 Å². The van der Waals surface area contributed by atoms with Gasteiger partial charge in [-0.05, 0) is 36.3 Å². The molecule has 9 heteroatoms. The van der Waals surface area contributed by atoms with Gasteiger partial charge < -0.3 is 4.74 Å². The molecule has 0 spiro atoms. The minimum absolute atomic E-state index is 0.157. The molecule has 4 rings (SSSR count). The van der Waals surface area contributed by atoms with Crippen molar-refractivity contribution in [3.05, 3.63) is 30.1 Å². The van der Waals surface area contributed by atoms with Crippen molar-refractivity contribution < 1.29 is 9.13 Å². The second kappa shape index (κ2) is 5.84. The van der Waals surface area contributed by atoms with Crippen molar-refractivity contribution in [1.29, 1.82) is 0 Å². The van der Waals surface area contributed by atoms with E-state index in [-0.39, 0.29) is 6.54 Å². The maximum Gasteiger partial charge on any atom is 0.242 e. The molecule has 2 radical (unpaired) electrons. The van der Waals surface area contributed by atoms with Crippen LogP contribution in [0.3, 0.4) is 0 Å². The number of rotatable bonds is 4. The minimum Gasteiger partial charge on any atom is -0.479 e. The van der Waals surface area contributed by atoms with E-state index < -0.39 is 6.67 Å². The third-order valence-corrected chi connectivity index (χ3v) is 4.03. The van der Waals surface area contributed by atoms with Crippen molar-refractivity contribution in [3.8, 4) is 17.0 Å². The zero-order valence-electron chi connectivity index (χ0n) is 13.8. The molecule has 0 bridgehead atoms. The molecule has 0 saturated carbocycles. The number of alkyl halides is 1. The number of ether oxygens (including phenoxy) is 1. The molecule has 124 valence electrons. The van der Waals surface area contributed by atoms with Gasteiger partial charge in [0.25, 0.3) is 0 Å². The van der Waals surface area contributed by atoms with E-state index in [0.717, 1.165) is 16.6 Å². The summed E-state index contributed by atoms with van der Waals surface area (Å²) in [5.41, 5.74) is 4.30. The summed E-state index contributed by atoms with van der Waals surface area (Å²) in [6, 6.07) is 7.47. The standard InChI is InChI=1S/C16H14BFN6O/c1-9-19-16(25-2)15-11(8-14(17)24(15)21-9)10-3-4-12-13(7-10)23(6-5-18)22-20-12/h3-4,7-8H,5-6H2,1-2H3. The molecular formula is C16H14BFN6O. The summed E-state index contributed by atoms with van der Waals surface area (Å²) in [6.45, 7) is 1.42. The van der Waals surface area contributed by atoms with Gasteiger partial charge in [0, 0.05) is 5.56 Å². The first-order valence-electron chi connectivity index (χ1n) is 7.72. The Morgan fingerprint density at radius 3 is 2.88 bits per heavy atom. The quantitative estimate of drug-likeness (QED) is 0.524. The summed E-state index contributed by atoms with van der Waals surface area (Å²) in [5.74, 6) is 0.994. The highest BCUT2D eigenvalue weighted by molar-refractivity contribution is 6.32. The summed E-state index contributed by atoms with van der Waals surface area (Å²) in [7, 11) is 7.67. The predicted molar refractivity (Wildman–Crippen MR) is 92.2 cm³/mol. The minimum atomic E-state index is -0.508. The zero-order chi connectivity index (χ0) is 17.6. The van der Waals surface area contributed by atoms with Crippen molar-refractivity contribution in [2.75, 3.05) is 13.8 Å². The highest BCUT2D eigenvalue weighted by atomic mass is 19.1. The molecule has 0 aliphatic carbocycles. The van der Waals surface area contributed by atoms with Gasteiger partial charge in [-0.25, -0.2) is 13.6 Å². The number of benzene rings is 1. The summed E-state index contributed by atoms with van der Waals surface area (Å²) in [5, 5.41) is 12.4. The van der Waals surface area contributed by atoms with Gasteiger partial charge in [0.15, 0.2) is 0 Å². The Morgan fingerprint density at radius 1 is 1.28 bits per heavy atom. The smallest absolute Gasteiger partial charge is 0.242 e. The first-order valence-corrected chi connectivity index (χ1v) is 7.72. The Bertz CT molecular complexity index is 1090. The van der Waals surface area contributed by atoms with Gasteiger partial charge >= 0.3 is 0 Å². The van der Waals surface area contributed by atoms with E-state index in [0.29, 0.717) is 28.3 Å². The van der Waals surface area contributed by atoms with Gasteiger partial charge in [-0.1, -0.05) is 11.3 Å². The summed E-state index contributed by atoms with van der Waals surface area (Å²) < 4.78 is 21.3. The van der Waals surface area contributed by atoms with Crippen LogP contribution < -0.4 is 10.3 Å². The molecule has 0 atom stereocenters. The Morgan fingerprint density at radius 2 is 2.12 bits per heavy atom. The number of nitrogens with zero attached hydrogens (tertiary/aromatic N) is 6. The molecule has 1 aromatic carbocycles. The van der Waals surface area contributed by atoms with E-state index in [1.54, 1.807) is 23.2 Å². The normalized spacial score (nSPS) is 11.5. The largest absolute Gasteiger partial charge is 0.479 e.